The number of hydrogen-bond donors (Lipinski definition) is 1. The van der Waals surface area contributed by atoms with Crippen LogP contribution >= 0.6 is 11.8 Å². The topological polar surface area (TPSA) is 46.9 Å². The molecule has 0 spiro atoms. The summed E-state index contributed by atoms with van der Waals surface area (Å²) in [5.74, 6) is 5.78. The van der Waals surface area contributed by atoms with Gasteiger partial charge in [-0.1, -0.05) is 31.0 Å². The Morgan fingerprint density at radius 3 is 2.95 bits per heavy atom. The number of anilines is 1. The zero-order valence-electron chi connectivity index (χ0n) is 11.9. The molecule has 0 radical (unpaired) electrons. The summed E-state index contributed by atoms with van der Waals surface area (Å²) in [5, 5.41) is 6.93. The van der Waals surface area contributed by atoms with E-state index >= 15 is 0 Å². The Hall–Kier alpha value is -2.19. The Balaban J connectivity index is 1.84. The van der Waals surface area contributed by atoms with Crippen LogP contribution in [0.2, 0.25) is 0 Å². The molecule has 1 heterocycles. The number of unbranched alkanes of at least 4 members (excludes halogenated alkanes) is 1. The molecule has 1 aromatic heterocycles. The molecule has 5 heteroatoms. The maximum Gasteiger partial charge on any atom is 0.300 e. The molecule has 108 valence electrons. The highest BCUT2D eigenvalue weighted by molar-refractivity contribution is 7.98. The standard InChI is InChI=1S/C16H17N3OS/c1-2-3-5-10-16(20)18-14-11-17-19(12-14)13-21-15-8-6-4-7-9-15/h4,6-9,11-12H,2-3,13H2,1H3,(H,18,20). The van der Waals surface area contributed by atoms with Gasteiger partial charge in [0.25, 0.3) is 5.91 Å². The average molecular weight is 299 g/mol. The molecule has 1 amide bonds. The van der Waals surface area contributed by atoms with Crippen LogP contribution in [0.4, 0.5) is 5.69 Å². The Kier molecular flexibility index (Phi) is 5.92. The van der Waals surface area contributed by atoms with Gasteiger partial charge in [0.1, 0.15) is 0 Å². The molecule has 1 aromatic carbocycles. The van der Waals surface area contributed by atoms with E-state index in [0.29, 0.717) is 11.6 Å². The van der Waals surface area contributed by atoms with Gasteiger partial charge in [0.05, 0.1) is 17.8 Å². The number of nitrogens with zero attached hydrogens (tertiary/aromatic N) is 2. The van der Waals surface area contributed by atoms with Crippen LogP contribution in [0.25, 0.3) is 0 Å². The van der Waals surface area contributed by atoms with E-state index in [1.165, 1.54) is 4.90 Å². The SMILES string of the molecule is CCCC#CC(=O)Nc1cnn(CSc2ccccc2)c1. The molecule has 0 saturated heterocycles. The van der Waals surface area contributed by atoms with Crippen LogP contribution in [-0.2, 0) is 10.7 Å². The minimum Gasteiger partial charge on any atom is -0.312 e. The lowest BCUT2D eigenvalue weighted by molar-refractivity contribution is -0.111. The van der Waals surface area contributed by atoms with Gasteiger partial charge in [-0.2, -0.15) is 5.10 Å². The van der Waals surface area contributed by atoms with Gasteiger partial charge in [-0.3, -0.25) is 9.48 Å². The summed E-state index contributed by atoms with van der Waals surface area (Å²) >= 11 is 1.68. The molecule has 0 atom stereocenters. The average Bonchev–Trinajstić information content (AvgIpc) is 2.94. The first-order valence-corrected chi connectivity index (χ1v) is 7.76. The number of thioether (sulfide) groups is 1. The number of amides is 1. The fourth-order valence-corrected chi connectivity index (χ4v) is 2.36. The van der Waals surface area contributed by atoms with E-state index in [2.05, 4.69) is 34.4 Å². The van der Waals surface area contributed by atoms with Crippen molar-refractivity contribution in [3.05, 3.63) is 42.7 Å². The summed E-state index contributed by atoms with van der Waals surface area (Å²) in [4.78, 5) is 12.7. The summed E-state index contributed by atoms with van der Waals surface area (Å²) in [5.41, 5.74) is 0.666. The fraction of sp³-hybridized carbons (Fsp3) is 0.250. The van der Waals surface area contributed by atoms with Crippen molar-refractivity contribution in [3.63, 3.8) is 0 Å². The molecule has 2 rings (SSSR count). The van der Waals surface area contributed by atoms with Crippen molar-refractivity contribution in [2.24, 2.45) is 0 Å². The molecule has 0 unspecified atom stereocenters. The number of carbonyl (C=O) groups excluding carboxylic acids is 1. The zero-order valence-corrected chi connectivity index (χ0v) is 12.7. The van der Waals surface area contributed by atoms with Crippen molar-refractivity contribution < 1.29 is 4.79 Å². The van der Waals surface area contributed by atoms with E-state index in [1.807, 2.05) is 25.1 Å². The Morgan fingerprint density at radius 1 is 1.38 bits per heavy atom. The molecule has 0 aliphatic rings. The first-order valence-electron chi connectivity index (χ1n) is 6.78. The number of rotatable bonds is 5. The number of benzene rings is 1. The Morgan fingerprint density at radius 2 is 2.19 bits per heavy atom. The van der Waals surface area contributed by atoms with Gasteiger partial charge in [-0.15, -0.1) is 11.8 Å². The predicted molar refractivity (Wildman–Crippen MR) is 85.8 cm³/mol. The maximum atomic E-state index is 11.5. The van der Waals surface area contributed by atoms with Gasteiger partial charge in [0, 0.05) is 17.5 Å². The summed E-state index contributed by atoms with van der Waals surface area (Å²) < 4.78 is 1.78. The zero-order chi connectivity index (χ0) is 14.9. The smallest absolute Gasteiger partial charge is 0.300 e. The summed E-state index contributed by atoms with van der Waals surface area (Å²) in [6.07, 6.45) is 5.12. The van der Waals surface area contributed by atoms with Crippen molar-refractivity contribution in [1.82, 2.24) is 9.78 Å². The van der Waals surface area contributed by atoms with E-state index in [1.54, 1.807) is 28.8 Å². The fourth-order valence-electron chi connectivity index (χ4n) is 1.59. The minimum absolute atomic E-state index is 0.293. The van der Waals surface area contributed by atoms with E-state index in [9.17, 15) is 4.79 Å². The molecule has 0 saturated carbocycles. The predicted octanol–water partition coefficient (Wildman–Crippen LogP) is 3.37. The first kappa shape index (κ1) is 15.2. The molecule has 2 aromatic rings. The molecule has 21 heavy (non-hydrogen) atoms. The monoisotopic (exact) mass is 299 g/mol. The van der Waals surface area contributed by atoms with Crippen LogP contribution in [0, 0.1) is 11.8 Å². The molecular formula is C16H17N3OS. The maximum absolute atomic E-state index is 11.5. The third-order valence-corrected chi connectivity index (χ3v) is 3.57. The third-order valence-electron chi connectivity index (χ3n) is 2.57. The van der Waals surface area contributed by atoms with E-state index in [0.717, 1.165) is 12.8 Å². The molecule has 4 nitrogen and oxygen atoms in total. The number of hydrogen-bond acceptors (Lipinski definition) is 3. The van der Waals surface area contributed by atoms with Crippen LogP contribution in [0.5, 0.6) is 0 Å². The van der Waals surface area contributed by atoms with Gasteiger partial charge >= 0.3 is 0 Å². The third kappa shape index (κ3) is 5.36. The summed E-state index contributed by atoms with van der Waals surface area (Å²) in [6.45, 7) is 2.03. The number of carbonyl (C=O) groups is 1. The molecule has 0 aliphatic heterocycles. The second-order valence-electron chi connectivity index (χ2n) is 4.36. The largest absolute Gasteiger partial charge is 0.312 e. The van der Waals surface area contributed by atoms with Gasteiger partial charge < -0.3 is 5.32 Å². The van der Waals surface area contributed by atoms with Crippen molar-refractivity contribution in [1.29, 1.82) is 0 Å². The number of aromatic nitrogens is 2. The molecule has 1 N–H and O–H groups in total. The quantitative estimate of drug-likeness (QED) is 0.680. The van der Waals surface area contributed by atoms with Crippen molar-refractivity contribution >= 4 is 23.4 Å². The highest BCUT2D eigenvalue weighted by atomic mass is 32.2. The number of nitrogens with one attached hydrogen (secondary N) is 1. The summed E-state index contributed by atoms with van der Waals surface area (Å²) in [6, 6.07) is 10.1. The lowest BCUT2D eigenvalue weighted by Gasteiger charge is -2.01. The van der Waals surface area contributed by atoms with Crippen LogP contribution in [-0.4, -0.2) is 15.7 Å². The lowest BCUT2D eigenvalue weighted by Crippen LogP contribution is -2.07. The van der Waals surface area contributed by atoms with Crippen molar-refractivity contribution in [2.75, 3.05) is 5.32 Å². The van der Waals surface area contributed by atoms with Crippen molar-refractivity contribution in [3.8, 4) is 11.8 Å². The second kappa shape index (κ2) is 8.18. The van der Waals surface area contributed by atoms with Crippen LogP contribution in [0.3, 0.4) is 0 Å². The first-order chi connectivity index (χ1) is 10.3. The molecular weight excluding hydrogens is 282 g/mol. The summed E-state index contributed by atoms with van der Waals surface area (Å²) in [7, 11) is 0. The normalized spacial score (nSPS) is 9.76. The van der Waals surface area contributed by atoms with Crippen LogP contribution in [0.15, 0.2) is 47.6 Å². The van der Waals surface area contributed by atoms with E-state index in [4.69, 9.17) is 0 Å². The lowest BCUT2D eigenvalue weighted by atomic mass is 10.3. The minimum atomic E-state index is -0.293. The van der Waals surface area contributed by atoms with Gasteiger partial charge in [0.2, 0.25) is 0 Å². The molecule has 0 fully saturated rings. The second-order valence-corrected chi connectivity index (χ2v) is 5.38. The molecule has 0 bridgehead atoms. The van der Waals surface area contributed by atoms with Crippen LogP contribution in [0.1, 0.15) is 19.8 Å². The van der Waals surface area contributed by atoms with E-state index in [-0.39, 0.29) is 5.91 Å². The van der Waals surface area contributed by atoms with Crippen LogP contribution < -0.4 is 5.32 Å². The van der Waals surface area contributed by atoms with Gasteiger partial charge in [0.15, 0.2) is 0 Å². The van der Waals surface area contributed by atoms with Crippen molar-refractivity contribution in [2.45, 2.75) is 30.5 Å². The highest BCUT2D eigenvalue weighted by Crippen LogP contribution is 2.19. The van der Waals surface area contributed by atoms with E-state index < -0.39 is 0 Å². The van der Waals surface area contributed by atoms with Gasteiger partial charge in [-0.05, 0) is 24.5 Å². The Labute approximate surface area is 128 Å². The highest BCUT2D eigenvalue weighted by Gasteiger charge is 2.02. The Bertz CT molecular complexity index is 640. The van der Waals surface area contributed by atoms with Gasteiger partial charge in [-0.25, -0.2) is 0 Å². The molecule has 0 aliphatic carbocycles.